The summed E-state index contributed by atoms with van der Waals surface area (Å²) >= 11 is 0. The highest BCUT2D eigenvalue weighted by Gasteiger charge is 2.68. The third-order valence-corrected chi connectivity index (χ3v) is 6.17. The minimum Gasteiger partial charge on any atom is -0.273 e. The Morgan fingerprint density at radius 1 is 0.970 bits per heavy atom. The van der Waals surface area contributed by atoms with Gasteiger partial charge in [-0.2, -0.15) is 0 Å². The molecule has 2 amide bonds. The average molecular weight is 447 g/mol. The number of hydroxylamine groups is 1. The normalized spacial score (nSPS) is 24.3. The Bertz CT molecular complexity index is 1270. The van der Waals surface area contributed by atoms with E-state index in [9.17, 15) is 24.1 Å². The molecule has 3 aromatic rings. The molecule has 33 heavy (non-hydrogen) atoms. The summed E-state index contributed by atoms with van der Waals surface area (Å²) in [6.45, 7) is 1.63. The molecule has 0 aliphatic carbocycles. The summed E-state index contributed by atoms with van der Waals surface area (Å²) in [5.74, 6) is -1.60. The Hall–Kier alpha value is -4.11. The lowest BCUT2D eigenvalue weighted by atomic mass is 9.76. The van der Waals surface area contributed by atoms with Crippen molar-refractivity contribution in [3.05, 3.63) is 100 Å². The SMILES string of the molecule is CC12C(=O)N(c3cccc([N+](=O)[O-])c3)C(=O)C1ON(c1ccccc1)C2c1ccc(F)cc1. The summed E-state index contributed by atoms with van der Waals surface area (Å²) < 4.78 is 13.7. The van der Waals surface area contributed by atoms with Crippen molar-refractivity contribution in [1.29, 1.82) is 0 Å². The molecule has 0 aromatic heterocycles. The van der Waals surface area contributed by atoms with E-state index in [2.05, 4.69) is 0 Å². The van der Waals surface area contributed by atoms with Gasteiger partial charge in [-0.1, -0.05) is 36.4 Å². The van der Waals surface area contributed by atoms with Crippen molar-refractivity contribution in [2.45, 2.75) is 19.1 Å². The van der Waals surface area contributed by atoms with Gasteiger partial charge >= 0.3 is 0 Å². The van der Waals surface area contributed by atoms with Crippen LogP contribution in [-0.4, -0.2) is 22.8 Å². The first-order chi connectivity index (χ1) is 15.8. The van der Waals surface area contributed by atoms with E-state index in [0.29, 0.717) is 11.3 Å². The molecule has 2 saturated heterocycles. The van der Waals surface area contributed by atoms with Gasteiger partial charge in [-0.05, 0) is 42.8 Å². The maximum absolute atomic E-state index is 13.8. The van der Waals surface area contributed by atoms with Crippen LogP contribution in [0.2, 0.25) is 0 Å². The molecule has 0 spiro atoms. The molecule has 3 aromatic carbocycles. The van der Waals surface area contributed by atoms with Gasteiger partial charge in [0, 0.05) is 12.1 Å². The van der Waals surface area contributed by atoms with Gasteiger partial charge in [0.25, 0.3) is 11.6 Å². The van der Waals surface area contributed by atoms with Crippen molar-refractivity contribution in [2.24, 2.45) is 5.41 Å². The maximum Gasteiger partial charge on any atom is 0.271 e. The van der Waals surface area contributed by atoms with Crippen LogP contribution in [0.1, 0.15) is 18.5 Å². The molecule has 166 valence electrons. The number of rotatable bonds is 4. The molecule has 2 fully saturated rings. The number of para-hydroxylation sites is 1. The molecule has 2 aliphatic heterocycles. The highest BCUT2D eigenvalue weighted by molar-refractivity contribution is 6.25. The predicted molar refractivity (Wildman–Crippen MR) is 117 cm³/mol. The Morgan fingerprint density at radius 3 is 2.30 bits per heavy atom. The molecule has 2 aliphatic rings. The first-order valence-electron chi connectivity index (χ1n) is 10.2. The van der Waals surface area contributed by atoms with Crippen LogP contribution in [-0.2, 0) is 14.4 Å². The number of benzene rings is 3. The van der Waals surface area contributed by atoms with Crippen molar-refractivity contribution in [3.63, 3.8) is 0 Å². The zero-order valence-corrected chi connectivity index (χ0v) is 17.4. The van der Waals surface area contributed by atoms with Gasteiger partial charge in [-0.3, -0.25) is 24.5 Å². The lowest BCUT2D eigenvalue weighted by Gasteiger charge is -2.32. The smallest absolute Gasteiger partial charge is 0.271 e. The quantitative estimate of drug-likeness (QED) is 0.339. The molecule has 8 nitrogen and oxygen atoms in total. The number of nitro benzene ring substituents is 1. The number of carbonyl (C=O) groups is 2. The van der Waals surface area contributed by atoms with E-state index in [-0.39, 0.29) is 11.4 Å². The first kappa shape index (κ1) is 20.8. The number of hydrogen-bond donors (Lipinski definition) is 0. The molecule has 0 radical (unpaired) electrons. The molecule has 3 unspecified atom stereocenters. The van der Waals surface area contributed by atoms with E-state index in [4.69, 9.17) is 4.84 Å². The Balaban J connectivity index is 1.63. The van der Waals surface area contributed by atoms with Gasteiger partial charge < -0.3 is 0 Å². The molecule has 2 heterocycles. The zero-order chi connectivity index (χ0) is 23.3. The van der Waals surface area contributed by atoms with Gasteiger partial charge in [0.05, 0.1) is 22.3 Å². The number of carbonyl (C=O) groups excluding carboxylic acids is 2. The summed E-state index contributed by atoms with van der Waals surface area (Å²) in [6, 6.07) is 19.3. The van der Waals surface area contributed by atoms with Crippen LogP contribution in [0.5, 0.6) is 0 Å². The highest BCUT2D eigenvalue weighted by Crippen LogP contribution is 2.55. The standard InChI is InChI=1S/C24H18FN3O5/c1-24-20(15-10-12-16(25)13-11-15)27(17-6-3-2-4-7-17)33-21(24)22(29)26(23(24)30)18-8-5-9-19(14-18)28(31)32/h2-14,20-21H,1H3. The molecule has 0 bridgehead atoms. The molecule has 0 saturated carbocycles. The topological polar surface area (TPSA) is 93.0 Å². The van der Waals surface area contributed by atoms with Crippen molar-refractivity contribution in [3.8, 4) is 0 Å². The van der Waals surface area contributed by atoms with Crippen LogP contribution in [0, 0.1) is 21.3 Å². The Kier molecular flexibility index (Phi) is 4.71. The van der Waals surface area contributed by atoms with E-state index in [1.807, 2.05) is 6.07 Å². The van der Waals surface area contributed by atoms with Crippen LogP contribution >= 0.6 is 0 Å². The zero-order valence-electron chi connectivity index (χ0n) is 17.4. The van der Waals surface area contributed by atoms with Crippen LogP contribution in [0.4, 0.5) is 21.5 Å². The second-order valence-corrected chi connectivity index (χ2v) is 8.14. The van der Waals surface area contributed by atoms with Gasteiger partial charge in [-0.15, -0.1) is 0 Å². The second-order valence-electron chi connectivity index (χ2n) is 8.14. The number of hydrogen-bond acceptors (Lipinski definition) is 6. The number of nitrogens with zero attached hydrogens (tertiary/aromatic N) is 3. The van der Waals surface area contributed by atoms with Crippen molar-refractivity contribution in [1.82, 2.24) is 0 Å². The van der Waals surface area contributed by atoms with Gasteiger partial charge in [0.2, 0.25) is 5.91 Å². The van der Waals surface area contributed by atoms with Gasteiger partial charge in [-0.25, -0.2) is 14.4 Å². The summed E-state index contributed by atoms with van der Waals surface area (Å²) in [5.41, 5.74) is -0.285. The highest BCUT2D eigenvalue weighted by atomic mass is 19.1. The molecular weight excluding hydrogens is 429 g/mol. The van der Waals surface area contributed by atoms with E-state index in [0.717, 1.165) is 4.90 Å². The van der Waals surface area contributed by atoms with Crippen LogP contribution in [0.3, 0.4) is 0 Å². The number of amides is 2. The minimum atomic E-state index is -1.37. The fourth-order valence-electron chi connectivity index (χ4n) is 4.56. The Labute approximate surface area is 187 Å². The monoisotopic (exact) mass is 447 g/mol. The summed E-state index contributed by atoms with van der Waals surface area (Å²) in [5, 5.41) is 12.7. The van der Waals surface area contributed by atoms with Gasteiger partial charge in [0.15, 0.2) is 6.10 Å². The molecule has 3 atom stereocenters. The first-order valence-corrected chi connectivity index (χ1v) is 10.2. The minimum absolute atomic E-state index is 0.0996. The van der Waals surface area contributed by atoms with Crippen molar-refractivity contribution < 1.29 is 23.7 Å². The average Bonchev–Trinajstić information content (AvgIpc) is 3.23. The van der Waals surface area contributed by atoms with Crippen molar-refractivity contribution >= 4 is 28.9 Å². The van der Waals surface area contributed by atoms with Crippen molar-refractivity contribution in [2.75, 3.05) is 9.96 Å². The summed E-state index contributed by atoms with van der Waals surface area (Å²) in [4.78, 5) is 44.8. The Morgan fingerprint density at radius 2 is 1.64 bits per heavy atom. The van der Waals surface area contributed by atoms with Crippen LogP contribution in [0.25, 0.3) is 0 Å². The molecule has 9 heteroatoms. The number of anilines is 2. The molecular formula is C24H18FN3O5. The maximum atomic E-state index is 13.8. The number of non-ortho nitro benzene ring substituents is 1. The van der Waals surface area contributed by atoms with Crippen LogP contribution < -0.4 is 9.96 Å². The van der Waals surface area contributed by atoms with E-state index in [1.165, 1.54) is 41.5 Å². The number of imide groups is 1. The summed E-state index contributed by atoms with van der Waals surface area (Å²) in [7, 11) is 0. The van der Waals surface area contributed by atoms with E-state index in [1.54, 1.807) is 43.3 Å². The van der Waals surface area contributed by atoms with Crippen LogP contribution in [0.15, 0.2) is 78.9 Å². The third kappa shape index (κ3) is 3.08. The lowest BCUT2D eigenvalue weighted by molar-refractivity contribution is -0.384. The fourth-order valence-corrected chi connectivity index (χ4v) is 4.56. The second kappa shape index (κ2) is 7.49. The lowest BCUT2D eigenvalue weighted by Crippen LogP contribution is -2.41. The number of halogens is 1. The third-order valence-electron chi connectivity index (χ3n) is 6.17. The van der Waals surface area contributed by atoms with E-state index < -0.39 is 40.1 Å². The van der Waals surface area contributed by atoms with Gasteiger partial charge in [0.1, 0.15) is 11.2 Å². The summed E-state index contributed by atoms with van der Waals surface area (Å²) in [6.07, 6.45) is -1.17. The fraction of sp³-hybridized carbons (Fsp3) is 0.167. The predicted octanol–water partition coefficient (Wildman–Crippen LogP) is 4.18. The number of fused-ring (bicyclic) bond motifs is 1. The number of nitro groups is 1. The van der Waals surface area contributed by atoms with E-state index >= 15 is 0 Å². The molecule has 0 N–H and O–H groups in total. The molecule has 5 rings (SSSR count). The largest absolute Gasteiger partial charge is 0.273 e.